The molecule has 20 heavy (non-hydrogen) atoms. The smallest absolute Gasteiger partial charge is 0.177 e. The van der Waals surface area contributed by atoms with Gasteiger partial charge in [-0.3, -0.25) is 4.98 Å². The lowest BCUT2D eigenvalue weighted by Gasteiger charge is -2.28. The quantitative estimate of drug-likeness (QED) is 0.494. The lowest BCUT2D eigenvalue weighted by atomic mass is 10.1. The molecule has 2 N–H and O–H groups in total. The Bertz CT molecular complexity index is 461. The molecule has 1 aromatic heterocycles. The zero-order chi connectivity index (χ0) is 14.4. The summed E-state index contributed by atoms with van der Waals surface area (Å²) < 4.78 is 0. The zero-order valence-electron chi connectivity index (χ0n) is 11.4. The Morgan fingerprint density at radius 2 is 2.15 bits per heavy atom. The molecule has 0 aliphatic carbocycles. The van der Waals surface area contributed by atoms with Crippen LogP contribution in [0, 0.1) is 0 Å². The van der Waals surface area contributed by atoms with Gasteiger partial charge in [0.25, 0.3) is 0 Å². The summed E-state index contributed by atoms with van der Waals surface area (Å²) in [6.07, 6.45) is 5.23. The van der Waals surface area contributed by atoms with Crippen LogP contribution in [0.5, 0.6) is 0 Å². The van der Waals surface area contributed by atoms with E-state index in [1.165, 1.54) is 19.3 Å². The first kappa shape index (κ1) is 15.2. The van der Waals surface area contributed by atoms with Crippen LogP contribution in [-0.4, -0.2) is 51.1 Å². The first-order chi connectivity index (χ1) is 9.70. The zero-order valence-corrected chi connectivity index (χ0v) is 12.1. The third-order valence-electron chi connectivity index (χ3n) is 3.55. The van der Waals surface area contributed by atoms with Crippen LogP contribution in [0.4, 0.5) is 0 Å². The van der Waals surface area contributed by atoms with Gasteiger partial charge in [-0.2, -0.15) is 0 Å². The number of aliphatic hydroxyl groups excluding tert-OH is 1. The number of likely N-dealkylation sites (tertiary alicyclic amines) is 1. The van der Waals surface area contributed by atoms with Crippen LogP contribution in [0.15, 0.2) is 23.5 Å². The molecule has 0 spiro atoms. The normalized spacial score (nSPS) is 19.0. The standard InChI is InChI=1S/C14H20ClN3O2/c15-14(17-20)12-5-4-6-16-13(12)9-11(19)10-18-7-2-1-3-8-18/h4-6,11,19-20H,1-3,7-10H2. The highest BCUT2D eigenvalue weighted by atomic mass is 35.5. The van der Waals surface area contributed by atoms with Crippen molar-refractivity contribution in [3.63, 3.8) is 0 Å². The van der Waals surface area contributed by atoms with E-state index in [4.69, 9.17) is 16.8 Å². The Morgan fingerprint density at radius 1 is 1.40 bits per heavy atom. The van der Waals surface area contributed by atoms with E-state index < -0.39 is 6.10 Å². The van der Waals surface area contributed by atoms with Crippen molar-refractivity contribution in [1.29, 1.82) is 0 Å². The number of pyridine rings is 1. The molecule has 1 aromatic rings. The number of piperidine rings is 1. The molecule has 1 unspecified atom stereocenters. The average molecular weight is 298 g/mol. The second-order valence-corrected chi connectivity index (χ2v) is 5.47. The molecule has 1 atom stereocenters. The van der Waals surface area contributed by atoms with Crippen molar-refractivity contribution in [1.82, 2.24) is 9.88 Å². The Hall–Kier alpha value is -1.17. The molecule has 6 heteroatoms. The lowest BCUT2D eigenvalue weighted by molar-refractivity contribution is 0.101. The molecule has 2 rings (SSSR count). The van der Waals surface area contributed by atoms with E-state index in [9.17, 15) is 5.11 Å². The molecular weight excluding hydrogens is 278 g/mol. The second kappa shape index (κ2) is 7.57. The van der Waals surface area contributed by atoms with Crippen LogP contribution < -0.4 is 0 Å². The molecule has 0 saturated carbocycles. The van der Waals surface area contributed by atoms with Gasteiger partial charge in [0, 0.05) is 24.7 Å². The van der Waals surface area contributed by atoms with Crippen LogP contribution >= 0.6 is 11.6 Å². The highest BCUT2D eigenvalue weighted by Gasteiger charge is 2.17. The largest absolute Gasteiger partial charge is 0.410 e. The Balaban J connectivity index is 1.98. The number of hydrogen-bond donors (Lipinski definition) is 2. The molecule has 0 aromatic carbocycles. The summed E-state index contributed by atoms with van der Waals surface area (Å²) in [5.41, 5.74) is 1.22. The fraction of sp³-hybridized carbons (Fsp3) is 0.571. The van der Waals surface area contributed by atoms with Crippen molar-refractivity contribution < 1.29 is 10.3 Å². The van der Waals surface area contributed by atoms with Crippen LogP contribution in [-0.2, 0) is 6.42 Å². The Morgan fingerprint density at radius 3 is 2.85 bits per heavy atom. The van der Waals surface area contributed by atoms with Gasteiger partial charge in [-0.25, -0.2) is 0 Å². The predicted molar refractivity (Wildman–Crippen MR) is 78.4 cm³/mol. The van der Waals surface area contributed by atoms with Gasteiger partial charge in [-0.1, -0.05) is 23.2 Å². The Kier molecular flexibility index (Phi) is 5.76. The number of nitrogens with zero attached hydrogens (tertiary/aromatic N) is 3. The van der Waals surface area contributed by atoms with Gasteiger partial charge in [0.15, 0.2) is 5.17 Å². The lowest BCUT2D eigenvalue weighted by Crippen LogP contribution is -2.37. The SMILES string of the molecule is ON=C(Cl)c1cccnc1CC(O)CN1CCCCC1. The predicted octanol–water partition coefficient (Wildman–Crippen LogP) is 1.85. The highest BCUT2D eigenvalue weighted by molar-refractivity contribution is 6.69. The molecular formula is C14H20ClN3O2. The maximum Gasteiger partial charge on any atom is 0.177 e. The summed E-state index contributed by atoms with van der Waals surface area (Å²) in [7, 11) is 0. The van der Waals surface area contributed by atoms with Crippen molar-refractivity contribution in [2.75, 3.05) is 19.6 Å². The number of β-amino-alcohol motifs (C(OH)–C–C–N with tert-alkyl or cyclic N) is 1. The minimum Gasteiger partial charge on any atom is -0.410 e. The van der Waals surface area contributed by atoms with Crippen molar-refractivity contribution >= 4 is 16.8 Å². The molecule has 2 heterocycles. The third-order valence-corrected chi connectivity index (χ3v) is 3.83. The van der Waals surface area contributed by atoms with Gasteiger partial charge in [0.1, 0.15) is 0 Å². The maximum absolute atomic E-state index is 10.2. The summed E-state index contributed by atoms with van der Waals surface area (Å²) >= 11 is 5.84. The number of aliphatic hydroxyl groups is 1. The third kappa shape index (κ3) is 4.16. The van der Waals surface area contributed by atoms with E-state index in [-0.39, 0.29) is 5.17 Å². The molecule has 1 aliphatic heterocycles. The highest BCUT2D eigenvalue weighted by Crippen LogP contribution is 2.14. The van der Waals surface area contributed by atoms with E-state index in [2.05, 4.69) is 15.0 Å². The van der Waals surface area contributed by atoms with Crippen molar-refractivity contribution in [2.45, 2.75) is 31.8 Å². The van der Waals surface area contributed by atoms with E-state index >= 15 is 0 Å². The van der Waals surface area contributed by atoms with Crippen LogP contribution in [0.2, 0.25) is 0 Å². The minimum absolute atomic E-state index is 0.00160. The second-order valence-electron chi connectivity index (χ2n) is 5.11. The number of halogens is 1. The van der Waals surface area contributed by atoms with Gasteiger partial charge in [-0.05, 0) is 38.1 Å². The summed E-state index contributed by atoms with van der Waals surface area (Å²) in [6, 6.07) is 3.46. The molecule has 0 radical (unpaired) electrons. The first-order valence-electron chi connectivity index (χ1n) is 6.93. The molecule has 110 valence electrons. The number of aromatic nitrogens is 1. The topological polar surface area (TPSA) is 69.0 Å². The van der Waals surface area contributed by atoms with Crippen LogP contribution in [0.25, 0.3) is 0 Å². The molecule has 5 nitrogen and oxygen atoms in total. The monoisotopic (exact) mass is 297 g/mol. The maximum atomic E-state index is 10.2. The summed E-state index contributed by atoms with van der Waals surface area (Å²) in [4.78, 5) is 6.50. The van der Waals surface area contributed by atoms with Gasteiger partial charge >= 0.3 is 0 Å². The summed E-state index contributed by atoms with van der Waals surface area (Å²) in [5.74, 6) is 0. The van der Waals surface area contributed by atoms with Gasteiger partial charge in [-0.15, -0.1) is 0 Å². The van der Waals surface area contributed by atoms with Gasteiger partial charge in [0.05, 0.1) is 11.8 Å². The van der Waals surface area contributed by atoms with Gasteiger partial charge in [0.2, 0.25) is 0 Å². The van der Waals surface area contributed by atoms with E-state index in [1.54, 1.807) is 18.3 Å². The van der Waals surface area contributed by atoms with E-state index in [0.29, 0.717) is 24.2 Å². The number of oxime groups is 1. The van der Waals surface area contributed by atoms with E-state index in [0.717, 1.165) is 13.1 Å². The molecule has 1 aliphatic rings. The fourth-order valence-electron chi connectivity index (χ4n) is 2.57. The molecule has 1 saturated heterocycles. The van der Waals surface area contributed by atoms with Crippen LogP contribution in [0.3, 0.4) is 0 Å². The number of hydrogen-bond acceptors (Lipinski definition) is 5. The molecule has 0 bridgehead atoms. The average Bonchev–Trinajstić information content (AvgIpc) is 2.48. The molecule has 1 fully saturated rings. The fourth-order valence-corrected chi connectivity index (χ4v) is 2.74. The summed E-state index contributed by atoms with van der Waals surface area (Å²) in [6.45, 7) is 2.74. The first-order valence-corrected chi connectivity index (χ1v) is 7.30. The molecule has 0 amide bonds. The van der Waals surface area contributed by atoms with E-state index in [1.807, 2.05) is 0 Å². The van der Waals surface area contributed by atoms with Gasteiger partial charge < -0.3 is 15.2 Å². The van der Waals surface area contributed by atoms with Crippen molar-refractivity contribution in [2.24, 2.45) is 5.16 Å². The number of rotatable bonds is 5. The van der Waals surface area contributed by atoms with Crippen molar-refractivity contribution in [3.8, 4) is 0 Å². The summed E-state index contributed by atoms with van der Waals surface area (Å²) in [5, 5.41) is 22.0. The van der Waals surface area contributed by atoms with Crippen LogP contribution in [0.1, 0.15) is 30.5 Å². The Labute approximate surface area is 123 Å². The minimum atomic E-state index is -0.495. The van der Waals surface area contributed by atoms with Crippen molar-refractivity contribution in [3.05, 3.63) is 29.6 Å².